The summed E-state index contributed by atoms with van der Waals surface area (Å²) in [5.74, 6) is 1.13. The van der Waals surface area contributed by atoms with Gasteiger partial charge < -0.3 is 14.8 Å². The highest BCUT2D eigenvalue weighted by Gasteiger charge is 2.25. The maximum absolute atomic E-state index is 13.6. The maximum atomic E-state index is 13.6. The monoisotopic (exact) mass is 530 g/mol. The molecule has 38 heavy (non-hydrogen) atoms. The molecule has 0 aromatic heterocycles. The topological polar surface area (TPSA) is 84.9 Å². The number of carbonyl (C=O) groups excluding carboxylic acids is 1. The van der Waals surface area contributed by atoms with E-state index in [-0.39, 0.29) is 30.5 Å². The lowest BCUT2D eigenvalue weighted by Gasteiger charge is -2.23. The normalized spacial score (nSPS) is 11.2. The van der Waals surface area contributed by atoms with Crippen molar-refractivity contribution in [2.24, 2.45) is 0 Å². The van der Waals surface area contributed by atoms with E-state index in [1.54, 1.807) is 61.7 Å². The quantitative estimate of drug-likeness (QED) is 0.272. The van der Waals surface area contributed by atoms with Gasteiger partial charge in [0.1, 0.15) is 18.1 Å². The number of anilines is 1. The third kappa shape index (κ3) is 7.00. The number of methoxy groups -OCH3 is 1. The van der Waals surface area contributed by atoms with Gasteiger partial charge in [0.2, 0.25) is 15.9 Å². The lowest BCUT2D eigenvalue weighted by Crippen LogP contribution is -2.30. The fourth-order valence-corrected chi connectivity index (χ4v) is 5.44. The number of nitrogens with zero attached hydrogens (tertiary/aromatic N) is 1. The molecule has 0 saturated carbocycles. The van der Waals surface area contributed by atoms with Crippen molar-refractivity contribution >= 4 is 21.6 Å². The number of carbonyl (C=O) groups is 1. The van der Waals surface area contributed by atoms with E-state index in [4.69, 9.17) is 9.47 Å². The molecular weight excluding hydrogens is 500 g/mol. The zero-order chi connectivity index (χ0) is 27.0. The van der Waals surface area contributed by atoms with Crippen molar-refractivity contribution in [2.75, 3.05) is 12.4 Å². The molecule has 1 N–H and O–H groups in total. The van der Waals surface area contributed by atoms with Crippen molar-refractivity contribution < 1.29 is 22.7 Å². The number of hydrogen-bond acceptors (Lipinski definition) is 5. The van der Waals surface area contributed by atoms with Crippen LogP contribution < -0.4 is 14.8 Å². The summed E-state index contributed by atoms with van der Waals surface area (Å²) in [5, 5.41) is 2.72. The number of sulfonamides is 1. The lowest BCUT2D eigenvalue weighted by molar-refractivity contribution is -0.114. The van der Waals surface area contributed by atoms with E-state index in [0.717, 1.165) is 16.7 Å². The predicted molar refractivity (Wildman–Crippen MR) is 147 cm³/mol. The minimum atomic E-state index is -3.75. The second-order valence-electron chi connectivity index (χ2n) is 8.71. The summed E-state index contributed by atoms with van der Waals surface area (Å²) in [6.45, 7) is 2.08. The third-order valence-corrected chi connectivity index (χ3v) is 7.66. The Morgan fingerprint density at radius 1 is 0.816 bits per heavy atom. The number of amides is 1. The van der Waals surface area contributed by atoms with E-state index >= 15 is 0 Å². The van der Waals surface area contributed by atoms with Gasteiger partial charge in [0.25, 0.3) is 0 Å². The summed E-state index contributed by atoms with van der Waals surface area (Å²) in [4.78, 5) is 11.5. The molecule has 0 aliphatic carbocycles. The van der Waals surface area contributed by atoms with Crippen molar-refractivity contribution in [1.29, 1.82) is 0 Å². The Balaban J connectivity index is 1.57. The van der Waals surface area contributed by atoms with E-state index in [1.165, 1.54) is 11.2 Å². The van der Waals surface area contributed by atoms with Crippen molar-refractivity contribution in [3.63, 3.8) is 0 Å². The summed E-state index contributed by atoms with van der Waals surface area (Å²) in [5.41, 5.74) is 3.17. The van der Waals surface area contributed by atoms with Crippen molar-refractivity contribution in [1.82, 2.24) is 4.31 Å². The number of benzene rings is 4. The molecule has 7 nitrogen and oxygen atoms in total. The van der Waals surface area contributed by atoms with Gasteiger partial charge in [-0.15, -0.1) is 0 Å². The molecule has 0 bridgehead atoms. The Bertz CT molecular complexity index is 1460. The van der Waals surface area contributed by atoms with Gasteiger partial charge in [0.05, 0.1) is 12.0 Å². The van der Waals surface area contributed by atoms with E-state index in [2.05, 4.69) is 5.32 Å². The smallest absolute Gasteiger partial charge is 0.243 e. The Labute approximate surface area is 223 Å². The maximum Gasteiger partial charge on any atom is 0.243 e. The molecule has 0 spiro atoms. The van der Waals surface area contributed by atoms with Crippen LogP contribution in [0.15, 0.2) is 108 Å². The van der Waals surface area contributed by atoms with Crippen LogP contribution >= 0.6 is 0 Å². The molecule has 0 aliphatic rings. The number of rotatable bonds is 11. The molecular formula is C30H30N2O5S. The van der Waals surface area contributed by atoms with Crippen LogP contribution in [0.1, 0.15) is 23.6 Å². The minimum absolute atomic E-state index is 0.143. The Hall–Kier alpha value is -4.14. The van der Waals surface area contributed by atoms with E-state index in [1.807, 2.05) is 48.5 Å². The summed E-state index contributed by atoms with van der Waals surface area (Å²) in [6.07, 6.45) is 0. The predicted octanol–water partition coefficient (Wildman–Crippen LogP) is 5.62. The van der Waals surface area contributed by atoms with Crippen LogP contribution in [0.2, 0.25) is 0 Å². The molecule has 4 aromatic carbocycles. The zero-order valence-electron chi connectivity index (χ0n) is 21.3. The zero-order valence-corrected chi connectivity index (χ0v) is 22.1. The van der Waals surface area contributed by atoms with Gasteiger partial charge in [0.15, 0.2) is 0 Å². The molecule has 4 rings (SSSR count). The lowest BCUT2D eigenvalue weighted by atomic mass is 10.1. The summed E-state index contributed by atoms with van der Waals surface area (Å²) in [6, 6.07) is 30.7. The first-order chi connectivity index (χ1) is 18.3. The van der Waals surface area contributed by atoms with Gasteiger partial charge in [-0.25, -0.2) is 8.42 Å². The Morgan fingerprint density at radius 2 is 1.45 bits per heavy atom. The van der Waals surface area contributed by atoms with Gasteiger partial charge in [-0.2, -0.15) is 4.31 Å². The summed E-state index contributed by atoms with van der Waals surface area (Å²) >= 11 is 0. The Morgan fingerprint density at radius 3 is 2.08 bits per heavy atom. The third-order valence-electron chi connectivity index (χ3n) is 5.86. The number of hydrogen-bond donors (Lipinski definition) is 1. The molecule has 0 saturated heterocycles. The molecule has 0 aliphatic heterocycles. The van der Waals surface area contributed by atoms with Gasteiger partial charge in [0, 0.05) is 31.3 Å². The fraction of sp³-hybridized carbons (Fsp3) is 0.167. The number of nitrogens with one attached hydrogen (secondary N) is 1. The van der Waals surface area contributed by atoms with Crippen LogP contribution in [-0.4, -0.2) is 25.7 Å². The summed E-state index contributed by atoms with van der Waals surface area (Å²) < 4.78 is 40.2. The van der Waals surface area contributed by atoms with Crippen molar-refractivity contribution in [3.05, 3.63) is 120 Å². The Kier molecular flexibility index (Phi) is 8.78. The molecule has 1 amide bonds. The van der Waals surface area contributed by atoms with Gasteiger partial charge >= 0.3 is 0 Å². The van der Waals surface area contributed by atoms with Crippen LogP contribution in [0.3, 0.4) is 0 Å². The highest BCUT2D eigenvalue weighted by Crippen LogP contribution is 2.26. The molecule has 8 heteroatoms. The molecule has 4 aromatic rings. The summed E-state index contributed by atoms with van der Waals surface area (Å²) in [7, 11) is -2.17. The highest BCUT2D eigenvalue weighted by atomic mass is 32.2. The molecule has 0 fully saturated rings. The highest BCUT2D eigenvalue weighted by molar-refractivity contribution is 7.89. The minimum Gasteiger partial charge on any atom is -0.496 e. The van der Waals surface area contributed by atoms with Crippen LogP contribution in [0.4, 0.5) is 5.69 Å². The van der Waals surface area contributed by atoms with Crippen molar-refractivity contribution in [2.45, 2.75) is 31.5 Å². The number of ether oxygens (including phenoxy) is 2. The second kappa shape index (κ2) is 12.4. The largest absolute Gasteiger partial charge is 0.496 e. The van der Waals surface area contributed by atoms with Gasteiger partial charge in [-0.3, -0.25) is 4.79 Å². The van der Waals surface area contributed by atoms with Gasteiger partial charge in [-0.1, -0.05) is 54.6 Å². The van der Waals surface area contributed by atoms with Crippen LogP contribution in [-0.2, 0) is 34.5 Å². The first kappa shape index (κ1) is 26.9. The molecule has 0 atom stereocenters. The van der Waals surface area contributed by atoms with Crippen LogP contribution in [0.5, 0.6) is 11.5 Å². The van der Waals surface area contributed by atoms with Crippen LogP contribution in [0, 0.1) is 0 Å². The van der Waals surface area contributed by atoms with E-state index in [9.17, 15) is 13.2 Å². The molecule has 196 valence electrons. The SMILES string of the molecule is COc1ccc(CN(Cc2ccccc2)S(=O)(=O)c2ccccc2)cc1COc1ccc(NC(C)=O)cc1. The average molecular weight is 531 g/mol. The van der Waals surface area contributed by atoms with E-state index < -0.39 is 10.0 Å². The first-order valence-electron chi connectivity index (χ1n) is 12.1. The standard InChI is InChI=1S/C30H30N2O5S/c1-23(33)31-27-14-16-28(17-15-27)37-22-26-19-25(13-18-30(26)36-2)21-32(20-24-9-5-3-6-10-24)38(34,35)29-11-7-4-8-12-29/h3-19H,20-22H2,1-2H3,(H,31,33). The van der Waals surface area contributed by atoms with Crippen molar-refractivity contribution in [3.8, 4) is 11.5 Å². The average Bonchev–Trinajstić information content (AvgIpc) is 2.93. The van der Waals surface area contributed by atoms with Crippen LogP contribution in [0.25, 0.3) is 0 Å². The molecule has 0 unspecified atom stereocenters. The van der Waals surface area contributed by atoms with E-state index in [0.29, 0.717) is 17.2 Å². The fourth-order valence-electron chi connectivity index (χ4n) is 4.00. The second-order valence-corrected chi connectivity index (χ2v) is 10.7. The molecule has 0 heterocycles. The van der Waals surface area contributed by atoms with Gasteiger partial charge in [-0.05, 0) is 59.7 Å². The first-order valence-corrected chi connectivity index (χ1v) is 13.5. The molecule has 0 radical (unpaired) electrons.